The zero-order chi connectivity index (χ0) is 9.35. The monoisotopic (exact) mass is 190 g/mol. The first-order chi connectivity index (χ1) is 5.41. The molecule has 0 amide bonds. The third-order valence-corrected chi connectivity index (χ3v) is 2.51. The third-order valence-electron chi connectivity index (χ3n) is 1.44. The maximum Gasteiger partial charge on any atom is 0.278 e. The van der Waals surface area contributed by atoms with Crippen molar-refractivity contribution in [2.24, 2.45) is 0 Å². The molecular formula is C6H6O5S. The normalized spacial score (nSPS) is 24.6. The number of carbonyl (C=O) groups excluding carboxylic acids is 2. The molecule has 0 aromatic carbocycles. The van der Waals surface area contributed by atoms with Gasteiger partial charge in [0.1, 0.15) is 0 Å². The second-order valence-electron chi connectivity index (χ2n) is 2.40. The van der Waals surface area contributed by atoms with Crippen LogP contribution < -0.4 is 0 Å². The van der Waals surface area contributed by atoms with Crippen LogP contribution in [0.15, 0.2) is 12.2 Å². The molecule has 5 nitrogen and oxygen atoms in total. The second kappa shape index (κ2) is 2.80. The third kappa shape index (κ3) is 1.77. The molecule has 66 valence electrons. The molecule has 0 saturated carbocycles. The van der Waals surface area contributed by atoms with Gasteiger partial charge in [0.05, 0.1) is 6.42 Å². The number of hydrogen-bond donors (Lipinski definition) is 1. The van der Waals surface area contributed by atoms with Crippen molar-refractivity contribution in [1.82, 2.24) is 0 Å². The number of Topliss-reactive ketones (excluding diaryl/α,β-unsaturated/α-hetero) is 1. The van der Waals surface area contributed by atoms with Crippen molar-refractivity contribution < 1.29 is 22.6 Å². The SMILES string of the molecule is O=C1C=CC(S(=O)(=O)O)C(=O)C1. The van der Waals surface area contributed by atoms with Crippen LogP contribution >= 0.6 is 0 Å². The summed E-state index contributed by atoms with van der Waals surface area (Å²) in [5.74, 6) is -1.23. The van der Waals surface area contributed by atoms with Crippen molar-refractivity contribution >= 4 is 21.7 Å². The lowest BCUT2D eigenvalue weighted by molar-refractivity contribution is -0.124. The molecule has 0 aromatic heterocycles. The van der Waals surface area contributed by atoms with Gasteiger partial charge in [0, 0.05) is 0 Å². The summed E-state index contributed by atoms with van der Waals surface area (Å²) in [5.41, 5.74) is 0. The van der Waals surface area contributed by atoms with Crippen LogP contribution in [0.1, 0.15) is 6.42 Å². The smallest absolute Gasteiger partial charge is 0.278 e. The summed E-state index contributed by atoms with van der Waals surface area (Å²) in [6.07, 6.45) is 1.42. The Bertz CT molecular complexity index is 350. The molecule has 0 bridgehead atoms. The van der Waals surface area contributed by atoms with E-state index in [0.717, 1.165) is 12.2 Å². The van der Waals surface area contributed by atoms with Gasteiger partial charge < -0.3 is 0 Å². The zero-order valence-corrected chi connectivity index (χ0v) is 6.74. The van der Waals surface area contributed by atoms with Gasteiger partial charge >= 0.3 is 0 Å². The van der Waals surface area contributed by atoms with Gasteiger partial charge in [-0.2, -0.15) is 8.42 Å². The molecule has 0 spiro atoms. The predicted octanol–water partition coefficient (Wildman–Crippen LogP) is -0.659. The fourth-order valence-corrected chi connectivity index (χ4v) is 1.59. The first-order valence-corrected chi connectivity index (χ1v) is 4.61. The summed E-state index contributed by atoms with van der Waals surface area (Å²) in [6, 6.07) is 0. The molecule has 1 unspecified atom stereocenters. The van der Waals surface area contributed by atoms with Gasteiger partial charge in [-0.3, -0.25) is 14.1 Å². The van der Waals surface area contributed by atoms with E-state index < -0.39 is 33.4 Å². The van der Waals surface area contributed by atoms with Gasteiger partial charge in [-0.1, -0.05) is 6.08 Å². The van der Waals surface area contributed by atoms with Crippen molar-refractivity contribution in [1.29, 1.82) is 0 Å². The quantitative estimate of drug-likeness (QED) is 0.438. The Balaban J connectivity index is 3.03. The van der Waals surface area contributed by atoms with E-state index in [4.69, 9.17) is 4.55 Å². The molecule has 0 heterocycles. The summed E-state index contributed by atoms with van der Waals surface area (Å²) in [4.78, 5) is 21.4. The van der Waals surface area contributed by atoms with Crippen LogP contribution in [0.4, 0.5) is 0 Å². The minimum absolute atomic E-state index is 0.445. The molecule has 1 atom stereocenters. The van der Waals surface area contributed by atoms with Gasteiger partial charge in [0.2, 0.25) is 0 Å². The maximum absolute atomic E-state index is 10.8. The fraction of sp³-hybridized carbons (Fsp3) is 0.333. The van der Waals surface area contributed by atoms with E-state index in [1.165, 1.54) is 0 Å². The van der Waals surface area contributed by atoms with Crippen LogP contribution in [-0.2, 0) is 19.7 Å². The van der Waals surface area contributed by atoms with Crippen LogP contribution in [0.5, 0.6) is 0 Å². The molecule has 6 heteroatoms. The highest BCUT2D eigenvalue weighted by molar-refractivity contribution is 7.87. The Morgan fingerprint density at radius 1 is 1.42 bits per heavy atom. The van der Waals surface area contributed by atoms with Crippen LogP contribution in [0.25, 0.3) is 0 Å². The van der Waals surface area contributed by atoms with Crippen LogP contribution in [0, 0.1) is 0 Å². The molecule has 0 fully saturated rings. The minimum Gasteiger partial charge on any atom is -0.297 e. The molecule has 1 rings (SSSR count). The lowest BCUT2D eigenvalue weighted by atomic mass is 10.1. The Morgan fingerprint density at radius 3 is 2.42 bits per heavy atom. The standard InChI is InChI=1S/C6H6O5S/c7-4-1-2-6(5(8)3-4)12(9,10)11/h1-2,6H,3H2,(H,9,10,11). The van der Waals surface area contributed by atoms with Gasteiger partial charge in [-0.05, 0) is 6.08 Å². The Hall–Kier alpha value is -1.01. The van der Waals surface area contributed by atoms with Crippen LogP contribution in [0.2, 0.25) is 0 Å². The summed E-state index contributed by atoms with van der Waals surface area (Å²) < 4.78 is 29.4. The molecule has 12 heavy (non-hydrogen) atoms. The minimum atomic E-state index is -4.39. The summed E-state index contributed by atoms with van der Waals surface area (Å²) in [6.45, 7) is 0. The van der Waals surface area contributed by atoms with Crippen molar-refractivity contribution in [3.8, 4) is 0 Å². The van der Waals surface area contributed by atoms with E-state index in [0.29, 0.717) is 0 Å². The molecule has 0 aromatic rings. The van der Waals surface area contributed by atoms with E-state index in [-0.39, 0.29) is 0 Å². The molecule has 0 aliphatic heterocycles. The molecule has 1 aliphatic rings. The molecule has 0 radical (unpaired) electrons. The second-order valence-corrected chi connectivity index (χ2v) is 3.94. The van der Waals surface area contributed by atoms with E-state index in [1.807, 2.05) is 0 Å². The van der Waals surface area contributed by atoms with Crippen molar-refractivity contribution in [3.63, 3.8) is 0 Å². The van der Waals surface area contributed by atoms with E-state index in [9.17, 15) is 18.0 Å². The molecule has 1 aliphatic carbocycles. The van der Waals surface area contributed by atoms with E-state index in [1.54, 1.807) is 0 Å². The van der Waals surface area contributed by atoms with Crippen molar-refractivity contribution in [2.75, 3.05) is 0 Å². The fourth-order valence-electron chi connectivity index (χ4n) is 0.899. The average molecular weight is 190 g/mol. The lowest BCUT2D eigenvalue weighted by Crippen LogP contribution is -2.32. The average Bonchev–Trinajstić information content (AvgIpc) is 1.83. The largest absolute Gasteiger partial charge is 0.297 e. The first-order valence-electron chi connectivity index (χ1n) is 3.11. The zero-order valence-electron chi connectivity index (χ0n) is 5.93. The number of allylic oxidation sites excluding steroid dienone is 1. The number of ketones is 2. The van der Waals surface area contributed by atoms with Gasteiger partial charge in [-0.15, -0.1) is 0 Å². The van der Waals surface area contributed by atoms with Gasteiger partial charge in [-0.25, -0.2) is 0 Å². The van der Waals surface area contributed by atoms with Crippen LogP contribution in [-0.4, -0.2) is 29.8 Å². The topological polar surface area (TPSA) is 88.5 Å². The Labute approximate surface area is 68.8 Å². The van der Waals surface area contributed by atoms with Gasteiger partial charge in [0.25, 0.3) is 10.1 Å². The summed E-state index contributed by atoms with van der Waals surface area (Å²) in [5, 5.41) is -1.56. The maximum atomic E-state index is 10.8. The van der Waals surface area contributed by atoms with Gasteiger partial charge in [0.15, 0.2) is 16.8 Å². The number of hydrogen-bond acceptors (Lipinski definition) is 4. The highest BCUT2D eigenvalue weighted by atomic mass is 32.2. The number of rotatable bonds is 1. The first kappa shape index (κ1) is 9.08. The molecule has 1 N–H and O–H groups in total. The van der Waals surface area contributed by atoms with Crippen LogP contribution in [0.3, 0.4) is 0 Å². The van der Waals surface area contributed by atoms with Crippen molar-refractivity contribution in [3.05, 3.63) is 12.2 Å². The van der Waals surface area contributed by atoms with E-state index >= 15 is 0 Å². The van der Waals surface area contributed by atoms with Crippen molar-refractivity contribution in [2.45, 2.75) is 11.7 Å². The molecule has 0 saturated heterocycles. The lowest BCUT2D eigenvalue weighted by Gasteiger charge is -2.10. The number of carbonyl (C=O) groups is 2. The van der Waals surface area contributed by atoms with E-state index in [2.05, 4.69) is 0 Å². The Morgan fingerprint density at radius 2 is 2.00 bits per heavy atom. The molecular weight excluding hydrogens is 184 g/mol. The predicted molar refractivity (Wildman–Crippen MR) is 39.1 cm³/mol. The highest BCUT2D eigenvalue weighted by Gasteiger charge is 2.31. The Kier molecular flexibility index (Phi) is 2.12. The summed E-state index contributed by atoms with van der Waals surface area (Å²) in [7, 11) is -4.39. The summed E-state index contributed by atoms with van der Waals surface area (Å²) >= 11 is 0. The highest BCUT2D eigenvalue weighted by Crippen LogP contribution is 2.10.